The molecule has 0 saturated heterocycles. The summed E-state index contributed by atoms with van der Waals surface area (Å²) in [6.45, 7) is 2.40. The predicted molar refractivity (Wildman–Crippen MR) is 108 cm³/mol. The van der Waals surface area contributed by atoms with Gasteiger partial charge in [0, 0.05) is 12.3 Å². The van der Waals surface area contributed by atoms with Gasteiger partial charge in [-0.1, -0.05) is 29.8 Å². The van der Waals surface area contributed by atoms with E-state index < -0.39 is 5.91 Å². The Balaban J connectivity index is 1.85. The molecule has 1 aromatic heterocycles. The van der Waals surface area contributed by atoms with Gasteiger partial charge in [0.1, 0.15) is 17.1 Å². The fourth-order valence-corrected chi connectivity index (χ4v) is 2.82. The molecular formula is C22H22N2O4. The van der Waals surface area contributed by atoms with E-state index in [1.807, 2.05) is 31.2 Å². The lowest BCUT2D eigenvalue weighted by molar-refractivity contribution is 0.102. The van der Waals surface area contributed by atoms with Crippen LogP contribution in [0.15, 0.2) is 65.6 Å². The van der Waals surface area contributed by atoms with E-state index in [0.29, 0.717) is 23.7 Å². The van der Waals surface area contributed by atoms with Gasteiger partial charge in [-0.05, 0) is 36.8 Å². The third-order valence-electron chi connectivity index (χ3n) is 4.40. The number of hydrogen-bond donors (Lipinski definition) is 1. The second-order valence-electron chi connectivity index (χ2n) is 6.36. The monoisotopic (exact) mass is 378 g/mol. The van der Waals surface area contributed by atoms with Gasteiger partial charge in [-0.15, -0.1) is 0 Å². The lowest BCUT2D eigenvalue weighted by Crippen LogP contribution is -2.29. The van der Waals surface area contributed by atoms with Crippen molar-refractivity contribution in [2.45, 2.75) is 13.5 Å². The number of nitrogens with zero attached hydrogens (tertiary/aromatic N) is 1. The van der Waals surface area contributed by atoms with Gasteiger partial charge >= 0.3 is 0 Å². The molecule has 6 nitrogen and oxygen atoms in total. The molecule has 1 N–H and O–H groups in total. The van der Waals surface area contributed by atoms with Crippen LogP contribution in [0.2, 0.25) is 0 Å². The van der Waals surface area contributed by atoms with Gasteiger partial charge in [0.2, 0.25) is 0 Å². The highest BCUT2D eigenvalue weighted by atomic mass is 16.5. The molecule has 3 rings (SSSR count). The Labute approximate surface area is 163 Å². The van der Waals surface area contributed by atoms with Crippen molar-refractivity contribution in [1.82, 2.24) is 4.57 Å². The van der Waals surface area contributed by atoms with E-state index in [2.05, 4.69) is 5.32 Å². The van der Waals surface area contributed by atoms with Crippen molar-refractivity contribution in [2.24, 2.45) is 0 Å². The zero-order valence-electron chi connectivity index (χ0n) is 16.1. The first-order chi connectivity index (χ1) is 13.5. The summed E-state index contributed by atoms with van der Waals surface area (Å²) in [5.41, 5.74) is 2.31. The number of pyridine rings is 1. The Morgan fingerprint density at radius 2 is 1.79 bits per heavy atom. The number of rotatable bonds is 6. The molecule has 2 aromatic carbocycles. The minimum atomic E-state index is -0.494. The third kappa shape index (κ3) is 4.23. The molecule has 0 aliphatic heterocycles. The maximum atomic E-state index is 12.8. The van der Waals surface area contributed by atoms with Crippen LogP contribution < -0.4 is 20.3 Å². The molecule has 0 aliphatic carbocycles. The molecule has 0 radical (unpaired) electrons. The number of ether oxygens (including phenoxy) is 2. The second-order valence-corrected chi connectivity index (χ2v) is 6.36. The van der Waals surface area contributed by atoms with Gasteiger partial charge in [-0.2, -0.15) is 0 Å². The zero-order valence-corrected chi connectivity index (χ0v) is 16.1. The minimum Gasteiger partial charge on any atom is -0.497 e. The fourth-order valence-electron chi connectivity index (χ4n) is 2.82. The van der Waals surface area contributed by atoms with Crippen molar-refractivity contribution >= 4 is 11.6 Å². The molecule has 6 heteroatoms. The summed E-state index contributed by atoms with van der Waals surface area (Å²) in [6.07, 6.45) is 1.67. The molecule has 0 fully saturated rings. The fraction of sp³-hybridized carbons (Fsp3) is 0.182. The standard InChI is InChI=1S/C22H22N2O4/c1-15-6-8-16(9-7-15)14-24-12-4-5-18(22(24)26)21(25)23-19-11-10-17(27-2)13-20(19)28-3/h4-13H,14H2,1-3H3,(H,23,25). The molecule has 0 spiro atoms. The van der Waals surface area contributed by atoms with Crippen molar-refractivity contribution < 1.29 is 14.3 Å². The number of amides is 1. The Morgan fingerprint density at radius 3 is 2.46 bits per heavy atom. The number of anilines is 1. The van der Waals surface area contributed by atoms with Crippen LogP contribution in [-0.4, -0.2) is 24.7 Å². The number of aromatic nitrogens is 1. The van der Waals surface area contributed by atoms with Gasteiger partial charge in [-0.3, -0.25) is 9.59 Å². The molecular weight excluding hydrogens is 356 g/mol. The molecule has 0 bridgehead atoms. The number of nitrogens with one attached hydrogen (secondary N) is 1. The molecule has 0 saturated carbocycles. The van der Waals surface area contributed by atoms with E-state index in [1.54, 1.807) is 37.6 Å². The maximum absolute atomic E-state index is 12.8. The highest BCUT2D eigenvalue weighted by Crippen LogP contribution is 2.29. The van der Waals surface area contributed by atoms with E-state index in [1.165, 1.54) is 17.7 Å². The van der Waals surface area contributed by atoms with Gasteiger partial charge in [-0.25, -0.2) is 0 Å². The Kier molecular flexibility index (Phi) is 5.79. The van der Waals surface area contributed by atoms with Crippen molar-refractivity contribution in [3.05, 3.63) is 87.8 Å². The SMILES string of the molecule is COc1ccc(NC(=O)c2cccn(Cc3ccc(C)cc3)c2=O)c(OC)c1. The largest absolute Gasteiger partial charge is 0.497 e. The topological polar surface area (TPSA) is 69.6 Å². The van der Waals surface area contributed by atoms with Crippen LogP contribution in [0.3, 0.4) is 0 Å². The molecule has 1 amide bonds. The number of methoxy groups -OCH3 is 2. The van der Waals surface area contributed by atoms with E-state index >= 15 is 0 Å². The highest BCUT2D eigenvalue weighted by molar-refractivity contribution is 6.04. The summed E-state index contributed by atoms with van der Waals surface area (Å²) >= 11 is 0. The van der Waals surface area contributed by atoms with E-state index in [9.17, 15) is 9.59 Å². The van der Waals surface area contributed by atoms with Crippen LogP contribution in [-0.2, 0) is 6.54 Å². The average Bonchev–Trinajstić information content (AvgIpc) is 2.71. The van der Waals surface area contributed by atoms with Crippen molar-refractivity contribution in [1.29, 1.82) is 0 Å². The van der Waals surface area contributed by atoms with E-state index in [4.69, 9.17) is 9.47 Å². The molecule has 144 valence electrons. The van der Waals surface area contributed by atoms with E-state index in [0.717, 1.165) is 11.1 Å². The van der Waals surface area contributed by atoms with Crippen LogP contribution in [0.5, 0.6) is 11.5 Å². The number of carbonyl (C=O) groups excluding carboxylic acids is 1. The first kappa shape index (κ1) is 19.2. The normalized spacial score (nSPS) is 10.4. The van der Waals surface area contributed by atoms with Crippen molar-refractivity contribution in [3.63, 3.8) is 0 Å². The Morgan fingerprint density at radius 1 is 1.04 bits per heavy atom. The molecule has 0 aliphatic rings. The summed E-state index contributed by atoms with van der Waals surface area (Å²) in [5, 5.41) is 2.74. The summed E-state index contributed by atoms with van der Waals surface area (Å²) < 4.78 is 12.0. The summed E-state index contributed by atoms with van der Waals surface area (Å²) in [5.74, 6) is 0.561. The van der Waals surface area contributed by atoms with Crippen LogP contribution in [0.4, 0.5) is 5.69 Å². The first-order valence-electron chi connectivity index (χ1n) is 8.80. The lowest BCUT2D eigenvalue weighted by atomic mass is 10.1. The summed E-state index contributed by atoms with van der Waals surface area (Å²) in [7, 11) is 3.05. The number of benzene rings is 2. The average molecular weight is 378 g/mol. The van der Waals surface area contributed by atoms with Gasteiger partial charge < -0.3 is 19.4 Å². The first-order valence-corrected chi connectivity index (χ1v) is 8.80. The van der Waals surface area contributed by atoms with Crippen molar-refractivity contribution in [2.75, 3.05) is 19.5 Å². The predicted octanol–water partition coefficient (Wildman–Crippen LogP) is 3.47. The number of hydrogen-bond acceptors (Lipinski definition) is 4. The minimum absolute atomic E-state index is 0.0625. The van der Waals surface area contributed by atoms with Crippen LogP contribution in [0, 0.1) is 6.92 Å². The van der Waals surface area contributed by atoms with Gasteiger partial charge in [0.15, 0.2) is 0 Å². The van der Waals surface area contributed by atoms with Crippen LogP contribution in [0.25, 0.3) is 0 Å². The Bertz CT molecular complexity index is 1040. The van der Waals surface area contributed by atoms with Gasteiger partial charge in [0.25, 0.3) is 11.5 Å². The molecule has 3 aromatic rings. The summed E-state index contributed by atoms with van der Waals surface area (Å²) in [6, 6.07) is 16.2. The lowest BCUT2D eigenvalue weighted by Gasteiger charge is -2.12. The Hall–Kier alpha value is -3.54. The van der Waals surface area contributed by atoms with Crippen LogP contribution >= 0.6 is 0 Å². The molecule has 0 atom stereocenters. The second kappa shape index (κ2) is 8.43. The van der Waals surface area contributed by atoms with E-state index in [-0.39, 0.29) is 11.1 Å². The van der Waals surface area contributed by atoms with Gasteiger partial charge in [0.05, 0.1) is 26.5 Å². The maximum Gasteiger partial charge on any atom is 0.263 e. The number of carbonyl (C=O) groups is 1. The smallest absolute Gasteiger partial charge is 0.263 e. The molecule has 28 heavy (non-hydrogen) atoms. The quantitative estimate of drug-likeness (QED) is 0.713. The molecule has 1 heterocycles. The van der Waals surface area contributed by atoms with Crippen molar-refractivity contribution in [3.8, 4) is 11.5 Å². The van der Waals surface area contributed by atoms with Crippen LogP contribution in [0.1, 0.15) is 21.5 Å². The molecule has 0 unspecified atom stereocenters. The third-order valence-corrected chi connectivity index (χ3v) is 4.40. The highest BCUT2D eigenvalue weighted by Gasteiger charge is 2.15. The summed E-state index contributed by atoms with van der Waals surface area (Å²) in [4.78, 5) is 25.5. The zero-order chi connectivity index (χ0) is 20.1. The number of aryl methyl sites for hydroxylation is 1.